The SMILES string of the molecule is c1cc(-c2nc(CSc3nnc(-c4ccc5c(c4)CCO5)o3)no2)cs1. The topological polar surface area (TPSA) is 87.1 Å². The van der Waals surface area contributed by atoms with E-state index < -0.39 is 0 Å². The smallest absolute Gasteiger partial charge is 0.277 e. The zero-order valence-electron chi connectivity index (χ0n) is 13.4. The molecule has 0 N–H and O–H groups in total. The Morgan fingerprint density at radius 3 is 3.04 bits per heavy atom. The Morgan fingerprint density at radius 1 is 1.12 bits per heavy atom. The highest BCUT2D eigenvalue weighted by molar-refractivity contribution is 7.98. The molecule has 0 atom stereocenters. The van der Waals surface area contributed by atoms with Gasteiger partial charge in [0.05, 0.1) is 17.9 Å². The molecule has 130 valence electrons. The van der Waals surface area contributed by atoms with Crippen LogP contribution in [-0.4, -0.2) is 26.9 Å². The van der Waals surface area contributed by atoms with Gasteiger partial charge in [-0.3, -0.25) is 0 Å². The molecule has 0 aliphatic carbocycles. The van der Waals surface area contributed by atoms with Crippen molar-refractivity contribution >= 4 is 23.1 Å². The molecular formula is C17H12N4O3S2. The maximum Gasteiger partial charge on any atom is 0.277 e. The lowest BCUT2D eigenvalue weighted by molar-refractivity contribution is 0.357. The van der Waals surface area contributed by atoms with Gasteiger partial charge in [-0.2, -0.15) is 16.3 Å². The van der Waals surface area contributed by atoms with Crippen LogP contribution in [0.1, 0.15) is 11.4 Å². The minimum absolute atomic E-state index is 0.471. The monoisotopic (exact) mass is 384 g/mol. The Kier molecular flexibility index (Phi) is 3.95. The van der Waals surface area contributed by atoms with Crippen LogP contribution in [0.15, 0.2) is 49.2 Å². The molecule has 4 aromatic rings. The minimum atomic E-state index is 0.471. The Bertz CT molecular complexity index is 1040. The normalized spacial score (nSPS) is 12.9. The predicted molar refractivity (Wildman–Crippen MR) is 96.1 cm³/mol. The average Bonchev–Trinajstić information content (AvgIpc) is 3.47. The lowest BCUT2D eigenvalue weighted by Crippen LogP contribution is -1.85. The summed E-state index contributed by atoms with van der Waals surface area (Å²) in [6.07, 6.45) is 0.906. The number of aromatic nitrogens is 4. The highest BCUT2D eigenvalue weighted by Crippen LogP contribution is 2.31. The van der Waals surface area contributed by atoms with Crippen LogP contribution in [-0.2, 0) is 12.2 Å². The van der Waals surface area contributed by atoms with Gasteiger partial charge in [0.1, 0.15) is 5.75 Å². The molecule has 0 amide bonds. The van der Waals surface area contributed by atoms with Crippen molar-refractivity contribution in [2.24, 2.45) is 0 Å². The summed E-state index contributed by atoms with van der Waals surface area (Å²) in [6.45, 7) is 0.724. The van der Waals surface area contributed by atoms with Gasteiger partial charge in [0.25, 0.3) is 11.1 Å². The van der Waals surface area contributed by atoms with Gasteiger partial charge in [0, 0.05) is 17.4 Å². The summed E-state index contributed by atoms with van der Waals surface area (Å²) in [5.74, 6) is 3.03. The number of thioether (sulfide) groups is 1. The molecule has 0 radical (unpaired) electrons. The molecule has 3 aromatic heterocycles. The van der Waals surface area contributed by atoms with Crippen LogP contribution in [0, 0.1) is 0 Å². The molecule has 4 heterocycles. The maximum atomic E-state index is 5.75. The zero-order valence-corrected chi connectivity index (χ0v) is 15.0. The van der Waals surface area contributed by atoms with Crippen molar-refractivity contribution in [1.82, 2.24) is 20.3 Å². The van der Waals surface area contributed by atoms with Crippen LogP contribution in [0.3, 0.4) is 0 Å². The maximum absolute atomic E-state index is 5.75. The fourth-order valence-corrected chi connectivity index (χ4v) is 3.88. The van der Waals surface area contributed by atoms with E-state index in [-0.39, 0.29) is 0 Å². The Morgan fingerprint density at radius 2 is 2.12 bits per heavy atom. The highest BCUT2D eigenvalue weighted by atomic mass is 32.2. The lowest BCUT2D eigenvalue weighted by atomic mass is 10.1. The van der Waals surface area contributed by atoms with Crippen LogP contribution >= 0.6 is 23.1 Å². The first kappa shape index (κ1) is 15.6. The van der Waals surface area contributed by atoms with E-state index in [0.717, 1.165) is 29.9 Å². The molecule has 26 heavy (non-hydrogen) atoms. The van der Waals surface area contributed by atoms with Crippen molar-refractivity contribution in [3.8, 4) is 28.7 Å². The zero-order chi connectivity index (χ0) is 17.3. The third kappa shape index (κ3) is 2.99. The third-order valence-corrected chi connectivity index (χ3v) is 5.40. The molecule has 0 saturated heterocycles. The van der Waals surface area contributed by atoms with E-state index in [2.05, 4.69) is 20.3 Å². The number of rotatable bonds is 5. The standard InChI is InChI=1S/C17H12N4O3S2/c1-2-13-10(3-5-22-13)7-11(1)16-19-20-17(23-16)26-9-14-18-15(24-21-14)12-4-6-25-8-12/h1-2,4,6-8H,3,5,9H2. The van der Waals surface area contributed by atoms with Crippen LogP contribution in [0.4, 0.5) is 0 Å². The summed E-state index contributed by atoms with van der Waals surface area (Å²) in [5, 5.41) is 16.6. The van der Waals surface area contributed by atoms with E-state index in [0.29, 0.717) is 28.6 Å². The molecule has 7 nitrogen and oxygen atoms in total. The fourth-order valence-electron chi connectivity index (χ4n) is 2.65. The first-order chi connectivity index (χ1) is 12.8. The summed E-state index contributed by atoms with van der Waals surface area (Å²) in [6, 6.07) is 7.86. The summed E-state index contributed by atoms with van der Waals surface area (Å²) in [5.41, 5.74) is 3.00. The van der Waals surface area contributed by atoms with Crippen molar-refractivity contribution in [3.05, 3.63) is 46.4 Å². The first-order valence-corrected chi connectivity index (χ1v) is 9.85. The second kappa shape index (κ2) is 6.58. The molecule has 0 unspecified atom stereocenters. The van der Waals surface area contributed by atoms with Gasteiger partial charge in [-0.15, -0.1) is 10.2 Å². The highest BCUT2D eigenvalue weighted by Gasteiger charge is 2.16. The van der Waals surface area contributed by atoms with Crippen LogP contribution in [0.5, 0.6) is 5.75 Å². The van der Waals surface area contributed by atoms with Crippen molar-refractivity contribution in [3.63, 3.8) is 0 Å². The van der Waals surface area contributed by atoms with Gasteiger partial charge < -0.3 is 13.7 Å². The van der Waals surface area contributed by atoms with E-state index in [9.17, 15) is 0 Å². The van der Waals surface area contributed by atoms with Gasteiger partial charge in [-0.25, -0.2) is 0 Å². The van der Waals surface area contributed by atoms with Gasteiger partial charge in [-0.05, 0) is 35.2 Å². The third-order valence-electron chi connectivity index (χ3n) is 3.90. The summed E-state index contributed by atoms with van der Waals surface area (Å²) in [4.78, 5) is 4.38. The van der Waals surface area contributed by atoms with Gasteiger partial charge >= 0.3 is 0 Å². The summed E-state index contributed by atoms with van der Waals surface area (Å²) in [7, 11) is 0. The molecule has 1 aliphatic rings. The Labute approximate surface area is 156 Å². The minimum Gasteiger partial charge on any atom is -0.493 e. The average molecular weight is 384 g/mol. The van der Waals surface area contributed by atoms with Crippen molar-refractivity contribution in [1.29, 1.82) is 0 Å². The van der Waals surface area contributed by atoms with E-state index in [1.807, 2.05) is 35.0 Å². The largest absolute Gasteiger partial charge is 0.493 e. The second-order valence-corrected chi connectivity index (χ2v) is 7.32. The van der Waals surface area contributed by atoms with E-state index in [1.165, 1.54) is 17.3 Å². The molecule has 1 aromatic carbocycles. The number of hydrogen-bond acceptors (Lipinski definition) is 9. The molecule has 5 rings (SSSR count). The number of benzene rings is 1. The molecule has 0 bridgehead atoms. The van der Waals surface area contributed by atoms with E-state index >= 15 is 0 Å². The number of ether oxygens (including phenoxy) is 1. The number of fused-ring (bicyclic) bond motifs is 1. The Hall–Kier alpha value is -2.65. The number of hydrogen-bond donors (Lipinski definition) is 0. The van der Waals surface area contributed by atoms with Crippen molar-refractivity contribution < 1.29 is 13.7 Å². The van der Waals surface area contributed by atoms with Crippen molar-refractivity contribution in [2.75, 3.05) is 6.61 Å². The fraction of sp³-hybridized carbons (Fsp3) is 0.176. The molecule has 9 heteroatoms. The van der Waals surface area contributed by atoms with Crippen molar-refractivity contribution in [2.45, 2.75) is 17.4 Å². The van der Waals surface area contributed by atoms with Gasteiger partial charge in [-0.1, -0.05) is 16.9 Å². The number of nitrogens with zero attached hydrogens (tertiary/aromatic N) is 4. The van der Waals surface area contributed by atoms with E-state index in [4.69, 9.17) is 13.7 Å². The molecule has 1 aliphatic heterocycles. The summed E-state index contributed by atoms with van der Waals surface area (Å²) >= 11 is 2.97. The van der Waals surface area contributed by atoms with Crippen LogP contribution < -0.4 is 4.74 Å². The van der Waals surface area contributed by atoms with Gasteiger partial charge in [0.2, 0.25) is 5.89 Å². The first-order valence-electron chi connectivity index (χ1n) is 7.93. The summed E-state index contributed by atoms with van der Waals surface area (Å²) < 4.78 is 16.5. The molecule has 0 saturated carbocycles. The second-order valence-electron chi connectivity index (χ2n) is 5.61. The molecule has 0 fully saturated rings. The lowest BCUT2D eigenvalue weighted by Gasteiger charge is -1.99. The van der Waals surface area contributed by atoms with Gasteiger partial charge in [0.15, 0.2) is 5.82 Å². The quantitative estimate of drug-likeness (QED) is 0.476. The Balaban J connectivity index is 1.27. The van der Waals surface area contributed by atoms with E-state index in [1.54, 1.807) is 11.3 Å². The predicted octanol–water partition coefficient (Wildman–Crippen LogP) is 4.08. The van der Waals surface area contributed by atoms with Crippen LogP contribution in [0.2, 0.25) is 0 Å². The number of thiophene rings is 1. The molecule has 0 spiro atoms. The molecular weight excluding hydrogens is 372 g/mol. The van der Waals surface area contributed by atoms with Crippen LogP contribution in [0.25, 0.3) is 22.9 Å².